The Bertz CT molecular complexity index is 1130. The molecule has 1 aliphatic heterocycles. The highest BCUT2D eigenvalue weighted by Crippen LogP contribution is 2.20. The molecule has 0 aromatic heterocycles. The summed E-state index contributed by atoms with van der Waals surface area (Å²) in [6.07, 6.45) is 6.31. The average molecular weight is 483 g/mol. The van der Waals surface area contributed by atoms with Crippen molar-refractivity contribution in [3.63, 3.8) is 0 Å². The van der Waals surface area contributed by atoms with Crippen molar-refractivity contribution in [2.24, 2.45) is 5.92 Å². The van der Waals surface area contributed by atoms with Crippen molar-refractivity contribution in [2.75, 3.05) is 26.2 Å². The molecule has 0 radical (unpaired) electrons. The number of benzene rings is 2. The third-order valence-electron chi connectivity index (χ3n) is 6.21. The zero-order chi connectivity index (χ0) is 24.0. The molecule has 34 heavy (non-hydrogen) atoms. The van der Waals surface area contributed by atoms with Gasteiger partial charge in [-0.15, -0.1) is 0 Å². The molecule has 2 aromatic carbocycles. The summed E-state index contributed by atoms with van der Waals surface area (Å²) in [5.41, 5.74) is 6.29. The minimum atomic E-state index is -3.64. The minimum Gasteiger partial charge on any atom is -0.296 e. The number of rotatable bonds is 7. The van der Waals surface area contributed by atoms with Gasteiger partial charge in [0.15, 0.2) is 0 Å². The highest BCUT2D eigenvalue weighted by Gasteiger charge is 2.28. The molecular formula is C25H30N4O4S. The van der Waals surface area contributed by atoms with Crippen molar-refractivity contribution in [3.05, 3.63) is 77.9 Å². The molecular weight excluding hydrogens is 452 g/mol. The molecule has 2 N–H and O–H groups in total. The lowest BCUT2D eigenvalue weighted by molar-refractivity contribution is -0.122. The van der Waals surface area contributed by atoms with Crippen LogP contribution in [0.1, 0.15) is 35.2 Å². The van der Waals surface area contributed by atoms with Crippen LogP contribution in [0.4, 0.5) is 0 Å². The number of amides is 2. The number of carbonyl (C=O) groups is 2. The molecule has 180 valence electrons. The number of nitrogens with one attached hydrogen (secondary N) is 2. The monoisotopic (exact) mass is 482 g/mol. The Hall–Kier alpha value is -3.01. The fourth-order valence-corrected chi connectivity index (χ4v) is 5.67. The maximum Gasteiger partial charge on any atom is 0.269 e. The molecule has 0 saturated carbocycles. The van der Waals surface area contributed by atoms with Gasteiger partial charge < -0.3 is 0 Å². The van der Waals surface area contributed by atoms with Crippen molar-refractivity contribution < 1.29 is 18.0 Å². The molecule has 1 fully saturated rings. The molecule has 1 aliphatic carbocycles. The van der Waals surface area contributed by atoms with Crippen molar-refractivity contribution in [3.8, 4) is 0 Å². The quantitative estimate of drug-likeness (QED) is 0.466. The smallest absolute Gasteiger partial charge is 0.269 e. The predicted molar refractivity (Wildman–Crippen MR) is 129 cm³/mol. The number of piperazine rings is 1. The predicted octanol–water partition coefficient (Wildman–Crippen LogP) is 2.31. The molecule has 1 heterocycles. The SMILES string of the molecule is O=C(CC1C=CCC1)NNC(=O)c1ccc(S(=O)(=O)N2CCN(Cc3ccccc3)CC2)cc1. The summed E-state index contributed by atoms with van der Waals surface area (Å²) >= 11 is 0. The molecule has 2 aliphatic rings. The lowest BCUT2D eigenvalue weighted by Gasteiger charge is -2.34. The Balaban J connectivity index is 1.28. The van der Waals surface area contributed by atoms with Crippen molar-refractivity contribution in [2.45, 2.75) is 30.7 Å². The summed E-state index contributed by atoms with van der Waals surface area (Å²) in [4.78, 5) is 26.7. The first kappa shape index (κ1) is 24.1. The fraction of sp³-hybridized carbons (Fsp3) is 0.360. The second-order valence-electron chi connectivity index (χ2n) is 8.66. The van der Waals surface area contributed by atoms with Gasteiger partial charge in [0.1, 0.15) is 0 Å². The zero-order valence-electron chi connectivity index (χ0n) is 19.0. The Morgan fingerprint density at radius 2 is 1.62 bits per heavy atom. The van der Waals surface area contributed by atoms with Crippen LogP contribution >= 0.6 is 0 Å². The fourth-order valence-electron chi connectivity index (χ4n) is 4.25. The maximum atomic E-state index is 13.1. The lowest BCUT2D eigenvalue weighted by Crippen LogP contribution is -2.48. The van der Waals surface area contributed by atoms with Crippen LogP contribution in [-0.2, 0) is 21.4 Å². The number of hydrogen-bond donors (Lipinski definition) is 2. The molecule has 0 bridgehead atoms. The van der Waals surface area contributed by atoms with Crippen LogP contribution in [0.5, 0.6) is 0 Å². The van der Waals surface area contributed by atoms with Crippen LogP contribution < -0.4 is 10.9 Å². The molecule has 8 nitrogen and oxygen atoms in total. The number of nitrogens with zero attached hydrogens (tertiary/aromatic N) is 2. The highest BCUT2D eigenvalue weighted by atomic mass is 32.2. The van der Waals surface area contributed by atoms with E-state index in [4.69, 9.17) is 0 Å². The molecule has 1 atom stereocenters. The molecule has 2 aromatic rings. The van der Waals surface area contributed by atoms with E-state index >= 15 is 0 Å². The van der Waals surface area contributed by atoms with E-state index in [1.807, 2.05) is 24.3 Å². The van der Waals surface area contributed by atoms with Gasteiger partial charge >= 0.3 is 0 Å². The van der Waals surface area contributed by atoms with Gasteiger partial charge in [-0.05, 0) is 48.6 Å². The van der Waals surface area contributed by atoms with Crippen LogP contribution in [0.2, 0.25) is 0 Å². The van der Waals surface area contributed by atoms with Crippen LogP contribution in [0.15, 0.2) is 71.6 Å². The number of carbonyl (C=O) groups excluding carboxylic acids is 2. The van der Waals surface area contributed by atoms with E-state index in [0.29, 0.717) is 32.6 Å². The summed E-state index contributed by atoms with van der Waals surface area (Å²) < 4.78 is 27.6. The van der Waals surface area contributed by atoms with Crippen molar-refractivity contribution >= 4 is 21.8 Å². The van der Waals surface area contributed by atoms with E-state index in [1.54, 1.807) is 0 Å². The van der Waals surface area contributed by atoms with Crippen LogP contribution in [0.25, 0.3) is 0 Å². The largest absolute Gasteiger partial charge is 0.296 e. The Kier molecular flexibility index (Phi) is 7.77. The molecule has 1 unspecified atom stereocenters. The van der Waals surface area contributed by atoms with E-state index in [2.05, 4.69) is 34.0 Å². The summed E-state index contributed by atoms with van der Waals surface area (Å²) in [6, 6.07) is 15.9. The summed E-state index contributed by atoms with van der Waals surface area (Å²) in [7, 11) is -3.64. The second-order valence-corrected chi connectivity index (χ2v) is 10.6. The maximum absolute atomic E-state index is 13.1. The summed E-state index contributed by atoms with van der Waals surface area (Å²) in [5, 5.41) is 0. The van der Waals surface area contributed by atoms with Crippen LogP contribution in [0.3, 0.4) is 0 Å². The first-order valence-corrected chi connectivity index (χ1v) is 13.0. The van der Waals surface area contributed by atoms with Gasteiger partial charge in [0, 0.05) is 44.7 Å². The van der Waals surface area contributed by atoms with E-state index in [9.17, 15) is 18.0 Å². The van der Waals surface area contributed by atoms with Gasteiger partial charge in [-0.3, -0.25) is 25.3 Å². The number of allylic oxidation sites excluding steroid dienone is 2. The van der Waals surface area contributed by atoms with Crippen molar-refractivity contribution in [1.82, 2.24) is 20.1 Å². The zero-order valence-corrected chi connectivity index (χ0v) is 19.8. The van der Waals surface area contributed by atoms with E-state index in [1.165, 1.54) is 34.1 Å². The minimum absolute atomic E-state index is 0.151. The van der Waals surface area contributed by atoms with E-state index < -0.39 is 15.9 Å². The van der Waals surface area contributed by atoms with Gasteiger partial charge in [-0.25, -0.2) is 8.42 Å². The van der Waals surface area contributed by atoms with Crippen molar-refractivity contribution in [1.29, 1.82) is 0 Å². The highest BCUT2D eigenvalue weighted by molar-refractivity contribution is 7.89. The normalized spacial score (nSPS) is 19.1. The second kappa shape index (κ2) is 10.9. The Morgan fingerprint density at radius 1 is 0.912 bits per heavy atom. The standard InChI is InChI=1S/C25H30N4O4S/c30-24(18-20-6-4-5-7-20)26-27-25(31)22-10-12-23(13-11-22)34(32,33)29-16-14-28(15-17-29)19-21-8-2-1-3-9-21/h1-4,6,8-13,20H,5,7,14-19H2,(H,26,30)(H,27,31). The van der Waals surface area contributed by atoms with Gasteiger partial charge in [0.05, 0.1) is 4.90 Å². The Morgan fingerprint density at radius 3 is 2.26 bits per heavy atom. The number of hydrazine groups is 1. The molecule has 9 heteroatoms. The molecule has 0 spiro atoms. The van der Waals surface area contributed by atoms with Gasteiger partial charge in [-0.1, -0.05) is 42.5 Å². The van der Waals surface area contributed by atoms with E-state index in [0.717, 1.165) is 19.4 Å². The van der Waals surface area contributed by atoms with Gasteiger partial charge in [-0.2, -0.15) is 4.31 Å². The summed E-state index contributed by atoms with van der Waals surface area (Å²) in [5.74, 6) is -0.536. The third kappa shape index (κ3) is 6.11. The molecule has 1 saturated heterocycles. The number of hydrogen-bond acceptors (Lipinski definition) is 5. The molecule has 4 rings (SSSR count). The Labute approximate surface area is 200 Å². The average Bonchev–Trinajstić information content (AvgIpc) is 3.36. The lowest BCUT2D eigenvalue weighted by atomic mass is 10.1. The van der Waals surface area contributed by atoms with Gasteiger partial charge in [0.25, 0.3) is 5.91 Å². The third-order valence-corrected chi connectivity index (χ3v) is 8.12. The first-order chi connectivity index (χ1) is 16.4. The first-order valence-electron chi connectivity index (χ1n) is 11.5. The summed E-state index contributed by atoms with van der Waals surface area (Å²) in [6.45, 7) is 2.95. The number of sulfonamides is 1. The van der Waals surface area contributed by atoms with Gasteiger partial charge in [0.2, 0.25) is 15.9 Å². The van der Waals surface area contributed by atoms with Crippen LogP contribution in [0, 0.1) is 5.92 Å². The van der Waals surface area contributed by atoms with E-state index in [-0.39, 0.29) is 22.3 Å². The van der Waals surface area contributed by atoms with Crippen LogP contribution in [-0.4, -0.2) is 55.6 Å². The topological polar surface area (TPSA) is 98.8 Å². The molecule has 2 amide bonds.